The number of nitrogens with two attached hydrogens (primary N) is 3. The highest BCUT2D eigenvalue weighted by molar-refractivity contribution is 5.97. The van der Waals surface area contributed by atoms with Crippen molar-refractivity contribution in [2.45, 2.75) is 152 Å². The normalized spacial score (nSPS) is 14.2. The standard InChI is InChI=1S/C74H93N17O12/c1-3-44(2)65(91-67(95)55(76)32-46-24-27-53(92)28-25-46)73(101)90-60(34-47-23-26-48-17-7-8-18-49(48)31-47)69(97)82-41-64(93)85-58(70(98)88-61(33-45-15-5-4-6-16-45)71(99)86-59(74(102)103)22-11-13-29-75)21-12-14-30-80-68(96)62(35-50-38-81-57-20-10-9-19-54(50)57)89-72(100)63(37-52-40-79-43-84-52)87-66(94)56(77)36-51-39-78-42-83-51/h4-10,15-20,23-28,31,38-40,42-44,55-56,58-63,65,81,92H,3,11-14,21-22,29-30,32-37,41,75-77H2,1-2H3,(H,78,83)(H,79,84)(H,80,96)(H,82,97)(H,85,93)(H,86,99)(H,87,94)(H,88,98)(H,89,100)(H,90,101)(H,91,95)(H,102,103)/t44-,55-,56-,58-,59-,60-,61-,62-,63-,65-/m0/s1. The van der Waals surface area contributed by atoms with E-state index in [9.17, 15) is 58.2 Å². The number of phenolic OH excluding ortho intramolecular Hbond substituents is 1. The molecular weight excluding hydrogens is 1320 g/mol. The first-order valence-electron chi connectivity index (χ1n) is 34.5. The van der Waals surface area contributed by atoms with E-state index >= 15 is 0 Å². The largest absolute Gasteiger partial charge is 0.508 e. The molecule has 29 nitrogen and oxygen atoms in total. The van der Waals surface area contributed by atoms with Crippen molar-refractivity contribution >= 4 is 80.8 Å². The number of aromatic amines is 3. The van der Waals surface area contributed by atoms with Crippen LogP contribution in [0.2, 0.25) is 0 Å². The lowest BCUT2D eigenvalue weighted by Crippen LogP contribution is -2.59. The number of amides is 9. The smallest absolute Gasteiger partial charge is 0.326 e. The summed E-state index contributed by atoms with van der Waals surface area (Å²) in [6.07, 6.45) is 9.16. The third-order valence-electron chi connectivity index (χ3n) is 17.9. The van der Waals surface area contributed by atoms with E-state index in [1.165, 1.54) is 37.2 Å². The summed E-state index contributed by atoms with van der Waals surface area (Å²) in [6.45, 7) is 3.14. The molecule has 0 bridgehead atoms. The van der Waals surface area contributed by atoms with Crippen molar-refractivity contribution in [1.29, 1.82) is 0 Å². The van der Waals surface area contributed by atoms with Crippen LogP contribution in [0.1, 0.15) is 92.4 Å². The summed E-state index contributed by atoms with van der Waals surface area (Å²) in [5.41, 5.74) is 22.8. The first kappa shape index (κ1) is 77.4. The third kappa shape index (κ3) is 23.9. The first-order valence-corrected chi connectivity index (χ1v) is 34.5. The van der Waals surface area contributed by atoms with Gasteiger partial charge in [-0.2, -0.15) is 0 Å². The Morgan fingerprint density at radius 1 is 0.485 bits per heavy atom. The predicted molar refractivity (Wildman–Crippen MR) is 386 cm³/mol. The zero-order valence-electron chi connectivity index (χ0n) is 57.6. The van der Waals surface area contributed by atoms with Crippen LogP contribution >= 0.6 is 0 Å². The number of aromatic nitrogens is 5. The molecule has 29 heteroatoms. The number of H-pyrrole nitrogens is 3. The van der Waals surface area contributed by atoms with Crippen molar-refractivity contribution in [3.05, 3.63) is 186 Å². The van der Waals surface area contributed by atoms with E-state index in [1.807, 2.05) is 67.6 Å². The Balaban J connectivity index is 1.00. The van der Waals surface area contributed by atoms with Crippen LogP contribution in [0.3, 0.4) is 0 Å². The molecule has 0 unspecified atom stereocenters. The van der Waals surface area contributed by atoms with Gasteiger partial charge < -0.3 is 90.2 Å². The highest BCUT2D eigenvalue weighted by atomic mass is 16.4. The number of carbonyl (C=O) groups is 10. The molecule has 0 aliphatic heterocycles. The number of carboxylic acid groups (broad SMARTS) is 1. The molecule has 8 aromatic rings. The molecule has 0 spiro atoms. The number of aliphatic carboxylic acids is 1. The van der Waals surface area contributed by atoms with Crippen molar-refractivity contribution in [2.75, 3.05) is 19.6 Å². The molecule has 0 aliphatic carbocycles. The summed E-state index contributed by atoms with van der Waals surface area (Å²) in [4.78, 5) is 158. The Morgan fingerprint density at radius 3 is 1.70 bits per heavy atom. The van der Waals surface area contributed by atoms with Crippen LogP contribution in [0.5, 0.6) is 5.75 Å². The Hall–Kier alpha value is -11.3. The minimum Gasteiger partial charge on any atom is -0.508 e. The SMILES string of the molecule is CC[C@H](C)[C@H](NC(=O)[C@@H](N)Cc1ccc(O)cc1)C(=O)N[C@@H](Cc1ccc2ccccc2c1)C(=O)NCC(=O)N[C@@H](CCCCNC(=O)[C@H](Cc1c[nH]c2ccccc12)NC(=O)[C@H](Cc1cnc[nH]1)NC(=O)[C@@H](N)Cc1cnc[nH]1)C(=O)N[C@@H](Cc1ccccc1)C(=O)N[C@@H](CCCCN)C(=O)O. The van der Waals surface area contributed by atoms with Gasteiger partial charge in [-0.05, 0) is 109 Å². The zero-order chi connectivity index (χ0) is 73.8. The monoisotopic (exact) mass is 1410 g/mol. The van der Waals surface area contributed by atoms with Crippen LogP contribution in [0.15, 0.2) is 153 Å². The molecule has 0 fully saturated rings. The van der Waals surface area contributed by atoms with Gasteiger partial charge in [0.05, 0.1) is 31.3 Å². The van der Waals surface area contributed by atoms with E-state index in [1.54, 1.807) is 61.7 Å². The van der Waals surface area contributed by atoms with Gasteiger partial charge in [0.15, 0.2) is 0 Å². The molecule has 9 amide bonds. The van der Waals surface area contributed by atoms with Crippen LogP contribution in [-0.4, -0.2) is 168 Å². The Morgan fingerprint density at radius 2 is 1.02 bits per heavy atom. The number of hydrogen-bond acceptors (Lipinski definition) is 16. The van der Waals surface area contributed by atoms with E-state index in [2.05, 4.69) is 72.8 Å². The number of carboxylic acids is 1. The summed E-state index contributed by atoms with van der Waals surface area (Å²) in [5, 5.41) is 47.2. The fraction of sp³-hybridized carbons (Fsp3) is 0.378. The lowest BCUT2D eigenvalue weighted by molar-refractivity contribution is -0.142. The molecule has 0 saturated heterocycles. The van der Waals surface area contributed by atoms with Gasteiger partial charge in [0.25, 0.3) is 0 Å². The number of nitrogens with one attached hydrogen (secondary N) is 12. The fourth-order valence-electron chi connectivity index (χ4n) is 11.8. The van der Waals surface area contributed by atoms with Gasteiger partial charge in [-0.3, -0.25) is 43.2 Å². The van der Waals surface area contributed by atoms with Crippen LogP contribution in [-0.2, 0) is 86.5 Å². The summed E-state index contributed by atoms with van der Waals surface area (Å²) in [7, 11) is 0. The van der Waals surface area contributed by atoms with Gasteiger partial charge in [-0.1, -0.05) is 123 Å². The van der Waals surface area contributed by atoms with E-state index in [0.29, 0.717) is 59.4 Å². The van der Waals surface area contributed by atoms with E-state index in [0.717, 1.165) is 21.7 Å². The molecule has 10 atom stereocenters. The summed E-state index contributed by atoms with van der Waals surface area (Å²) >= 11 is 0. The maximum absolute atomic E-state index is 14.8. The highest BCUT2D eigenvalue weighted by Crippen LogP contribution is 2.22. The van der Waals surface area contributed by atoms with E-state index in [-0.39, 0.29) is 76.5 Å². The zero-order valence-corrected chi connectivity index (χ0v) is 57.6. The quantitative estimate of drug-likeness (QED) is 0.0243. The van der Waals surface area contributed by atoms with E-state index < -0.39 is 126 Å². The molecule has 0 aliphatic rings. The minimum absolute atomic E-state index is 0.00147. The van der Waals surface area contributed by atoms with Gasteiger partial charge in [0.1, 0.15) is 48.0 Å². The number of fused-ring (bicyclic) bond motifs is 2. The van der Waals surface area contributed by atoms with Crippen molar-refractivity contribution < 1.29 is 58.2 Å². The number of phenols is 1. The number of benzene rings is 5. The van der Waals surface area contributed by atoms with Crippen molar-refractivity contribution in [1.82, 2.24) is 72.8 Å². The van der Waals surface area contributed by atoms with Crippen LogP contribution < -0.4 is 65.1 Å². The highest BCUT2D eigenvalue weighted by Gasteiger charge is 2.35. The minimum atomic E-state index is -1.43. The molecule has 103 heavy (non-hydrogen) atoms. The topological polar surface area (TPSA) is 471 Å². The first-order chi connectivity index (χ1) is 49.6. The average molecular weight is 1410 g/mol. The van der Waals surface area contributed by atoms with Gasteiger partial charge in [-0.15, -0.1) is 0 Å². The lowest BCUT2D eigenvalue weighted by atomic mass is 9.96. The second-order valence-electron chi connectivity index (χ2n) is 25.7. The van der Waals surface area contributed by atoms with Crippen molar-refractivity contribution in [3.8, 4) is 5.75 Å². The third-order valence-corrected chi connectivity index (χ3v) is 17.9. The molecule has 20 N–H and O–H groups in total. The number of rotatable bonds is 41. The van der Waals surface area contributed by atoms with Crippen LogP contribution in [0, 0.1) is 5.92 Å². The number of nitrogens with zero attached hydrogens (tertiary/aromatic N) is 2. The summed E-state index contributed by atoms with van der Waals surface area (Å²) in [5.74, 6) is -8.32. The molecule has 5 aromatic carbocycles. The fourth-order valence-corrected chi connectivity index (χ4v) is 11.8. The second kappa shape index (κ2) is 39.1. The maximum Gasteiger partial charge on any atom is 0.326 e. The number of unbranched alkanes of at least 4 members (excludes halogenated alkanes) is 2. The van der Waals surface area contributed by atoms with Crippen molar-refractivity contribution in [3.63, 3.8) is 0 Å². The maximum atomic E-state index is 14.8. The summed E-state index contributed by atoms with van der Waals surface area (Å²) < 4.78 is 0. The molecule has 3 heterocycles. The Labute approximate surface area is 595 Å². The molecule has 8 rings (SSSR count). The number of aromatic hydroxyl groups is 1. The predicted octanol–water partition coefficient (Wildman–Crippen LogP) is 1.94. The molecule has 3 aromatic heterocycles. The van der Waals surface area contributed by atoms with Crippen molar-refractivity contribution in [2.24, 2.45) is 23.1 Å². The van der Waals surface area contributed by atoms with Crippen LogP contribution in [0.4, 0.5) is 0 Å². The molecule has 0 saturated carbocycles. The number of carbonyl (C=O) groups excluding carboxylic acids is 9. The van der Waals surface area contributed by atoms with Gasteiger partial charge in [-0.25, -0.2) is 14.8 Å². The number of para-hydroxylation sites is 1. The molecule has 0 radical (unpaired) electrons. The Bertz CT molecular complexity index is 4120. The van der Waals surface area contributed by atoms with Gasteiger partial charge in [0.2, 0.25) is 53.2 Å². The lowest BCUT2D eigenvalue weighted by Gasteiger charge is -2.28. The molecule has 546 valence electrons. The molecular formula is C74H93N17O12. The Kier molecular flexibility index (Phi) is 29.4. The number of imidazole rings is 2. The van der Waals surface area contributed by atoms with Gasteiger partial charge in [0, 0.05) is 79.5 Å². The van der Waals surface area contributed by atoms with Gasteiger partial charge >= 0.3 is 5.97 Å². The second-order valence-corrected chi connectivity index (χ2v) is 25.7. The average Bonchev–Trinajstić information content (AvgIpc) is 1.78. The van der Waals surface area contributed by atoms with Crippen LogP contribution in [0.25, 0.3) is 21.7 Å². The summed E-state index contributed by atoms with van der Waals surface area (Å²) in [6, 6.07) is 24.1. The van der Waals surface area contributed by atoms with E-state index in [4.69, 9.17) is 17.2 Å². The number of hydrogen-bond donors (Lipinski definition) is 17.